The summed E-state index contributed by atoms with van der Waals surface area (Å²) in [5.41, 5.74) is 1.98. The average Bonchev–Trinajstić information content (AvgIpc) is 2.77. The van der Waals surface area contributed by atoms with E-state index in [2.05, 4.69) is 17.4 Å². The monoisotopic (exact) mass is 278 g/mol. The van der Waals surface area contributed by atoms with Gasteiger partial charge in [-0.25, -0.2) is 0 Å². The van der Waals surface area contributed by atoms with Crippen molar-refractivity contribution in [2.45, 2.75) is 31.4 Å². The van der Waals surface area contributed by atoms with Gasteiger partial charge in [0.15, 0.2) is 0 Å². The van der Waals surface area contributed by atoms with Crippen molar-refractivity contribution in [1.82, 2.24) is 10.2 Å². The fourth-order valence-corrected chi connectivity index (χ4v) is 3.00. The lowest BCUT2D eigenvalue weighted by Crippen LogP contribution is -2.46. The van der Waals surface area contributed by atoms with Crippen molar-refractivity contribution in [2.24, 2.45) is 0 Å². The minimum absolute atomic E-state index is 0.314. The van der Waals surface area contributed by atoms with Gasteiger partial charge in [0.2, 0.25) is 0 Å². The highest BCUT2D eigenvalue weighted by atomic mass is 16.5. The van der Waals surface area contributed by atoms with Crippen molar-refractivity contribution in [2.75, 3.05) is 34.3 Å². The van der Waals surface area contributed by atoms with Crippen LogP contribution in [0.1, 0.15) is 30.5 Å². The third-order valence-electron chi connectivity index (χ3n) is 3.82. The first-order valence-corrected chi connectivity index (χ1v) is 7.18. The first kappa shape index (κ1) is 15.3. The van der Waals surface area contributed by atoms with Crippen molar-refractivity contribution in [3.8, 4) is 5.75 Å². The molecule has 0 saturated heterocycles. The number of fused-ring (bicyclic) bond motifs is 1. The molecular formula is C16H26N2O2. The van der Waals surface area contributed by atoms with E-state index in [0.717, 1.165) is 18.6 Å². The summed E-state index contributed by atoms with van der Waals surface area (Å²) in [7, 11) is 5.65. The maximum Gasteiger partial charge on any atom is 0.119 e. The number of hydrogen-bond donors (Lipinski definition) is 2. The number of nitrogens with zero attached hydrogens (tertiary/aromatic N) is 1. The van der Waals surface area contributed by atoms with Crippen LogP contribution in [0.2, 0.25) is 0 Å². The number of likely N-dealkylation sites (N-methyl/N-ethyl adjacent to an activating group) is 1. The minimum Gasteiger partial charge on any atom is -0.497 e. The Kier molecular flexibility index (Phi) is 4.68. The van der Waals surface area contributed by atoms with Crippen LogP contribution in [0, 0.1) is 0 Å². The van der Waals surface area contributed by atoms with Gasteiger partial charge in [-0.2, -0.15) is 0 Å². The zero-order valence-electron chi connectivity index (χ0n) is 12.9. The molecule has 0 amide bonds. The molecule has 1 aromatic rings. The van der Waals surface area contributed by atoms with Crippen LogP contribution < -0.4 is 10.1 Å². The SMILES string of the molecule is COc1ccc2c(c1)C(NCC(C)(O)CN(C)C)CC2. The summed E-state index contributed by atoms with van der Waals surface area (Å²) in [4.78, 5) is 2.01. The lowest BCUT2D eigenvalue weighted by atomic mass is 10.0. The van der Waals surface area contributed by atoms with Gasteiger partial charge in [0.25, 0.3) is 0 Å². The van der Waals surface area contributed by atoms with Gasteiger partial charge < -0.3 is 20.1 Å². The van der Waals surface area contributed by atoms with Crippen molar-refractivity contribution >= 4 is 0 Å². The zero-order chi connectivity index (χ0) is 14.8. The molecule has 1 aliphatic rings. The number of aryl methyl sites for hydroxylation is 1. The molecule has 0 aliphatic heterocycles. The highest BCUT2D eigenvalue weighted by Gasteiger charge is 2.27. The smallest absolute Gasteiger partial charge is 0.119 e. The molecule has 20 heavy (non-hydrogen) atoms. The van der Waals surface area contributed by atoms with E-state index in [9.17, 15) is 5.11 Å². The van der Waals surface area contributed by atoms with Crippen LogP contribution in [-0.2, 0) is 6.42 Å². The van der Waals surface area contributed by atoms with E-state index in [-0.39, 0.29) is 0 Å². The summed E-state index contributed by atoms with van der Waals surface area (Å²) in [6.45, 7) is 3.12. The molecule has 2 N–H and O–H groups in total. The predicted octanol–water partition coefficient (Wildman–Crippen LogP) is 1.58. The molecule has 4 nitrogen and oxygen atoms in total. The minimum atomic E-state index is -0.717. The lowest BCUT2D eigenvalue weighted by Gasteiger charge is -2.29. The molecule has 2 atom stereocenters. The van der Waals surface area contributed by atoms with Gasteiger partial charge in [0.1, 0.15) is 5.75 Å². The van der Waals surface area contributed by atoms with E-state index < -0.39 is 5.60 Å². The molecule has 0 bridgehead atoms. The fourth-order valence-electron chi connectivity index (χ4n) is 3.00. The van der Waals surface area contributed by atoms with Gasteiger partial charge in [-0.1, -0.05) is 6.07 Å². The van der Waals surface area contributed by atoms with Crippen molar-refractivity contribution in [1.29, 1.82) is 0 Å². The van der Waals surface area contributed by atoms with Crippen LogP contribution in [0.3, 0.4) is 0 Å². The van der Waals surface area contributed by atoms with Crippen LogP contribution in [0.15, 0.2) is 18.2 Å². The number of aliphatic hydroxyl groups is 1. The third-order valence-corrected chi connectivity index (χ3v) is 3.82. The molecule has 4 heteroatoms. The summed E-state index contributed by atoms with van der Waals surface area (Å²) >= 11 is 0. The summed E-state index contributed by atoms with van der Waals surface area (Å²) in [5.74, 6) is 0.900. The molecule has 2 unspecified atom stereocenters. The Bertz CT molecular complexity index is 458. The van der Waals surface area contributed by atoms with E-state index in [1.54, 1.807) is 7.11 Å². The number of ether oxygens (including phenoxy) is 1. The fraction of sp³-hybridized carbons (Fsp3) is 0.625. The molecule has 0 radical (unpaired) electrons. The maximum absolute atomic E-state index is 10.4. The van der Waals surface area contributed by atoms with E-state index in [0.29, 0.717) is 19.1 Å². The number of rotatable bonds is 6. The quantitative estimate of drug-likeness (QED) is 0.829. The van der Waals surface area contributed by atoms with Gasteiger partial charge >= 0.3 is 0 Å². The summed E-state index contributed by atoms with van der Waals surface area (Å²) in [5, 5.41) is 13.9. The second-order valence-electron chi connectivity index (χ2n) is 6.27. The van der Waals surface area contributed by atoms with Crippen molar-refractivity contribution in [3.63, 3.8) is 0 Å². The van der Waals surface area contributed by atoms with Crippen molar-refractivity contribution in [3.05, 3.63) is 29.3 Å². The van der Waals surface area contributed by atoms with Crippen molar-refractivity contribution < 1.29 is 9.84 Å². The molecule has 1 aromatic carbocycles. The summed E-state index contributed by atoms with van der Waals surface area (Å²) in [6.07, 6.45) is 2.17. The van der Waals surface area contributed by atoms with Crippen LogP contribution >= 0.6 is 0 Å². The number of benzene rings is 1. The Labute approximate surface area is 121 Å². The number of hydrogen-bond acceptors (Lipinski definition) is 4. The van der Waals surface area contributed by atoms with Crippen LogP contribution in [0.4, 0.5) is 0 Å². The topological polar surface area (TPSA) is 44.7 Å². The second kappa shape index (κ2) is 6.12. The summed E-state index contributed by atoms with van der Waals surface area (Å²) < 4.78 is 5.30. The normalized spacial score (nSPS) is 20.8. The van der Waals surface area contributed by atoms with Gasteiger partial charge in [-0.15, -0.1) is 0 Å². The highest BCUT2D eigenvalue weighted by Crippen LogP contribution is 2.33. The molecule has 0 fully saturated rings. The van der Waals surface area contributed by atoms with E-state index >= 15 is 0 Å². The highest BCUT2D eigenvalue weighted by molar-refractivity contribution is 5.40. The van der Waals surface area contributed by atoms with Crippen LogP contribution in [0.5, 0.6) is 5.75 Å². The maximum atomic E-state index is 10.4. The largest absolute Gasteiger partial charge is 0.497 e. The first-order chi connectivity index (χ1) is 9.41. The Morgan fingerprint density at radius 3 is 2.85 bits per heavy atom. The molecule has 0 heterocycles. The molecule has 1 aliphatic carbocycles. The molecule has 0 spiro atoms. The number of nitrogens with one attached hydrogen (secondary N) is 1. The Morgan fingerprint density at radius 2 is 2.20 bits per heavy atom. The third kappa shape index (κ3) is 3.72. The predicted molar refractivity (Wildman–Crippen MR) is 81.2 cm³/mol. The van der Waals surface area contributed by atoms with Gasteiger partial charge in [0, 0.05) is 19.1 Å². The van der Waals surface area contributed by atoms with Crippen LogP contribution in [0.25, 0.3) is 0 Å². The lowest BCUT2D eigenvalue weighted by molar-refractivity contribution is 0.0313. The summed E-state index contributed by atoms with van der Waals surface area (Å²) in [6, 6.07) is 6.59. The van der Waals surface area contributed by atoms with E-state index in [1.165, 1.54) is 11.1 Å². The standard InChI is InChI=1S/C16H26N2O2/c1-16(19,11-18(2)3)10-17-15-8-6-12-5-7-13(20-4)9-14(12)15/h5,7,9,15,17,19H,6,8,10-11H2,1-4H3. The first-order valence-electron chi connectivity index (χ1n) is 7.18. The molecule has 0 saturated carbocycles. The number of methoxy groups -OCH3 is 1. The molecular weight excluding hydrogens is 252 g/mol. The van der Waals surface area contributed by atoms with Gasteiger partial charge in [0.05, 0.1) is 12.7 Å². The molecule has 2 rings (SSSR count). The molecule has 0 aromatic heterocycles. The zero-order valence-corrected chi connectivity index (χ0v) is 12.9. The van der Waals surface area contributed by atoms with E-state index in [4.69, 9.17) is 4.74 Å². The Morgan fingerprint density at radius 1 is 1.45 bits per heavy atom. The molecule has 112 valence electrons. The van der Waals surface area contributed by atoms with Crippen LogP contribution in [-0.4, -0.2) is 49.9 Å². The Hall–Kier alpha value is -1.10. The van der Waals surface area contributed by atoms with Gasteiger partial charge in [-0.05, 0) is 57.1 Å². The van der Waals surface area contributed by atoms with Gasteiger partial charge in [-0.3, -0.25) is 0 Å². The average molecular weight is 278 g/mol. The second-order valence-corrected chi connectivity index (χ2v) is 6.27. The van der Waals surface area contributed by atoms with E-state index in [1.807, 2.05) is 32.0 Å². The Balaban J connectivity index is 2.00.